The summed E-state index contributed by atoms with van der Waals surface area (Å²) >= 11 is 1.73. The molecule has 0 fully saturated rings. The van der Waals surface area contributed by atoms with Gasteiger partial charge in [-0.3, -0.25) is 4.79 Å². The first-order valence-corrected chi connectivity index (χ1v) is 6.98. The summed E-state index contributed by atoms with van der Waals surface area (Å²) in [5.74, 6) is 0.0518. The lowest BCUT2D eigenvalue weighted by molar-refractivity contribution is -0.133. The molecule has 4 heteroatoms. The van der Waals surface area contributed by atoms with Crippen LogP contribution in [0.1, 0.15) is 31.6 Å². The third-order valence-electron chi connectivity index (χ3n) is 3.00. The van der Waals surface area contributed by atoms with Crippen molar-refractivity contribution in [2.75, 3.05) is 7.05 Å². The molecule has 2 atom stereocenters. The van der Waals surface area contributed by atoms with Gasteiger partial charge in [-0.15, -0.1) is 11.3 Å². The third kappa shape index (κ3) is 4.13. The maximum absolute atomic E-state index is 12.0. The Balaban J connectivity index is 2.51. The van der Waals surface area contributed by atoms with Crippen LogP contribution in [0.5, 0.6) is 0 Å². The Morgan fingerprint density at radius 1 is 1.59 bits per heavy atom. The summed E-state index contributed by atoms with van der Waals surface area (Å²) in [7, 11) is 1.84. The van der Waals surface area contributed by atoms with E-state index in [1.54, 1.807) is 16.2 Å². The van der Waals surface area contributed by atoms with Gasteiger partial charge in [0.1, 0.15) is 0 Å². The lowest BCUT2D eigenvalue weighted by atomic mass is 10.1. The lowest BCUT2D eigenvalue weighted by Crippen LogP contribution is -2.46. The number of carbonyl (C=O) groups excluding carboxylic acids is 1. The average Bonchev–Trinajstić information content (AvgIpc) is 2.80. The topological polar surface area (TPSA) is 46.3 Å². The number of rotatable bonds is 6. The van der Waals surface area contributed by atoms with E-state index in [1.165, 1.54) is 4.88 Å². The van der Waals surface area contributed by atoms with Crippen molar-refractivity contribution >= 4 is 17.2 Å². The summed E-state index contributed by atoms with van der Waals surface area (Å²) < 4.78 is 0. The molecule has 1 aromatic heterocycles. The highest BCUT2D eigenvalue weighted by atomic mass is 32.1. The standard InChI is InChI=1S/C13H22N2OS/c1-4-6-12(14)13(16)15(3)10(2)9-11-7-5-8-17-11/h5,7-8,10,12H,4,6,9,14H2,1-3H3. The van der Waals surface area contributed by atoms with E-state index in [9.17, 15) is 4.79 Å². The van der Waals surface area contributed by atoms with Crippen LogP contribution in [0.15, 0.2) is 17.5 Å². The molecule has 0 saturated heterocycles. The molecule has 0 spiro atoms. The molecule has 2 N–H and O–H groups in total. The van der Waals surface area contributed by atoms with Gasteiger partial charge in [0.05, 0.1) is 6.04 Å². The summed E-state index contributed by atoms with van der Waals surface area (Å²) in [5, 5.41) is 2.06. The minimum absolute atomic E-state index is 0.0518. The zero-order valence-electron chi connectivity index (χ0n) is 10.8. The van der Waals surface area contributed by atoms with E-state index in [2.05, 4.69) is 18.4 Å². The van der Waals surface area contributed by atoms with Crippen molar-refractivity contribution in [2.45, 2.75) is 45.2 Å². The Labute approximate surface area is 108 Å². The summed E-state index contributed by atoms with van der Waals surface area (Å²) in [6, 6.07) is 3.99. The van der Waals surface area contributed by atoms with Crippen molar-refractivity contribution in [3.8, 4) is 0 Å². The SMILES string of the molecule is CCCC(N)C(=O)N(C)C(C)Cc1cccs1. The molecule has 3 nitrogen and oxygen atoms in total. The number of carbonyl (C=O) groups is 1. The smallest absolute Gasteiger partial charge is 0.239 e. The summed E-state index contributed by atoms with van der Waals surface area (Å²) in [5.41, 5.74) is 5.85. The van der Waals surface area contributed by atoms with E-state index in [4.69, 9.17) is 5.73 Å². The number of nitrogens with zero attached hydrogens (tertiary/aromatic N) is 1. The van der Waals surface area contributed by atoms with Crippen molar-refractivity contribution in [1.82, 2.24) is 4.90 Å². The Morgan fingerprint density at radius 3 is 2.82 bits per heavy atom. The molecular weight excluding hydrogens is 232 g/mol. The molecule has 1 rings (SSSR count). The molecule has 0 radical (unpaired) electrons. The van der Waals surface area contributed by atoms with Crippen LogP contribution in [-0.4, -0.2) is 29.9 Å². The fraction of sp³-hybridized carbons (Fsp3) is 0.615. The molecular formula is C13H22N2OS. The van der Waals surface area contributed by atoms with Crippen molar-refractivity contribution < 1.29 is 4.79 Å². The molecule has 0 aliphatic heterocycles. The van der Waals surface area contributed by atoms with Gasteiger partial charge in [0.2, 0.25) is 5.91 Å². The maximum Gasteiger partial charge on any atom is 0.239 e. The van der Waals surface area contributed by atoms with E-state index < -0.39 is 0 Å². The van der Waals surface area contributed by atoms with Gasteiger partial charge in [-0.25, -0.2) is 0 Å². The third-order valence-corrected chi connectivity index (χ3v) is 3.90. The minimum atomic E-state index is -0.351. The summed E-state index contributed by atoms with van der Waals surface area (Å²) in [6.07, 6.45) is 2.60. The zero-order valence-corrected chi connectivity index (χ0v) is 11.7. The van der Waals surface area contributed by atoms with Crippen LogP contribution in [-0.2, 0) is 11.2 Å². The first-order valence-electron chi connectivity index (χ1n) is 6.10. The summed E-state index contributed by atoms with van der Waals surface area (Å²) in [4.78, 5) is 15.1. The predicted octanol–water partition coefficient (Wildman–Crippen LogP) is 2.26. The number of hydrogen-bond acceptors (Lipinski definition) is 3. The van der Waals surface area contributed by atoms with Gasteiger partial charge < -0.3 is 10.6 Å². The van der Waals surface area contributed by atoms with Crippen molar-refractivity contribution in [1.29, 1.82) is 0 Å². The van der Waals surface area contributed by atoms with Crippen molar-refractivity contribution in [3.05, 3.63) is 22.4 Å². The molecule has 1 heterocycles. The average molecular weight is 254 g/mol. The van der Waals surface area contributed by atoms with E-state index in [1.807, 2.05) is 20.0 Å². The normalized spacial score (nSPS) is 14.4. The summed E-state index contributed by atoms with van der Waals surface area (Å²) in [6.45, 7) is 4.11. The molecule has 0 aromatic carbocycles. The monoisotopic (exact) mass is 254 g/mol. The van der Waals surface area contributed by atoms with Gasteiger partial charge in [-0.2, -0.15) is 0 Å². The molecule has 1 aromatic rings. The van der Waals surface area contributed by atoms with Crippen LogP contribution >= 0.6 is 11.3 Å². The fourth-order valence-corrected chi connectivity index (χ4v) is 2.60. The molecule has 0 saturated carbocycles. The number of thiophene rings is 1. The highest BCUT2D eigenvalue weighted by Gasteiger charge is 2.21. The van der Waals surface area contributed by atoms with Crippen LogP contribution in [0.25, 0.3) is 0 Å². The molecule has 0 aliphatic carbocycles. The van der Waals surface area contributed by atoms with E-state index >= 15 is 0 Å². The highest BCUT2D eigenvalue weighted by Crippen LogP contribution is 2.14. The van der Waals surface area contributed by atoms with Crippen LogP contribution in [0.2, 0.25) is 0 Å². The van der Waals surface area contributed by atoms with Crippen LogP contribution in [0.4, 0.5) is 0 Å². The Kier molecular flexibility index (Phi) is 5.65. The van der Waals surface area contributed by atoms with Gasteiger partial charge in [-0.05, 0) is 24.8 Å². The van der Waals surface area contributed by atoms with Crippen LogP contribution < -0.4 is 5.73 Å². The predicted molar refractivity (Wildman–Crippen MR) is 73.1 cm³/mol. The maximum atomic E-state index is 12.0. The molecule has 1 amide bonds. The van der Waals surface area contributed by atoms with Gasteiger partial charge >= 0.3 is 0 Å². The second-order valence-electron chi connectivity index (χ2n) is 4.48. The number of likely N-dealkylation sites (N-methyl/N-ethyl adjacent to an activating group) is 1. The Hall–Kier alpha value is -0.870. The Morgan fingerprint density at radius 2 is 2.29 bits per heavy atom. The van der Waals surface area contributed by atoms with Gasteiger partial charge in [0.15, 0.2) is 0 Å². The molecule has 0 aliphatic rings. The number of amides is 1. The minimum Gasteiger partial charge on any atom is -0.341 e. The Bertz CT molecular complexity index is 337. The fourth-order valence-electron chi connectivity index (χ4n) is 1.77. The van der Waals surface area contributed by atoms with E-state index in [0.29, 0.717) is 0 Å². The van der Waals surface area contributed by atoms with E-state index in [-0.39, 0.29) is 18.0 Å². The second kappa shape index (κ2) is 6.77. The zero-order chi connectivity index (χ0) is 12.8. The second-order valence-corrected chi connectivity index (χ2v) is 5.51. The molecule has 0 bridgehead atoms. The van der Waals surface area contributed by atoms with Gasteiger partial charge in [0, 0.05) is 24.4 Å². The quantitative estimate of drug-likeness (QED) is 0.846. The number of nitrogens with two attached hydrogens (primary N) is 1. The number of hydrogen-bond donors (Lipinski definition) is 1. The first-order chi connectivity index (χ1) is 8.06. The van der Waals surface area contributed by atoms with Crippen molar-refractivity contribution in [3.63, 3.8) is 0 Å². The van der Waals surface area contributed by atoms with Crippen LogP contribution in [0, 0.1) is 0 Å². The van der Waals surface area contributed by atoms with E-state index in [0.717, 1.165) is 19.3 Å². The lowest BCUT2D eigenvalue weighted by Gasteiger charge is -2.27. The van der Waals surface area contributed by atoms with Crippen molar-refractivity contribution in [2.24, 2.45) is 5.73 Å². The largest absolute Gasteiger partial charge is 0.341 e. The molecule has 17 heavy (non-hydrogen) atoms. The highest BCUT2D eigenvalue weighted by molar-refractivity contribution is 7.09. The molecule has 96 valence electrons. The molecule has 2 unspecified atom stereocenters. The first kappa shape index (κ1) is 14.2. The van der Waals surface area contributed by atoms with Gasteiger partial charge in [0.25, 0.3) is 0 Å². The van der Waals surface area contributed by atoms with Gasteiger partial charge in [-0.1, -0.05) is 19.4 Å². The van der Waals surface area contributed by atoms with Crippen LogP contribution in [0.3, 0.4) is 0 Å².